The van der Waals surface area contributed by atoms with Crippen molar-refractivity contribution in [1.82, 2.24) is 0 Å². The number of aliphatic imine (C=N–C) groups is 1. The van der Waals surface area contributed by atoms with Gasteiger partial charge in [-0.3, -0.25) is 4.99 Å². The molecule has 1 aromatic carbocycles. The summed E-state index contributed by atoms with van der Waals surface area (Å²) in [7, 11) is 0. The summed E-state index contributed by atoms with van der Waals surface area (Å²) < 4.78 is 51.0. The Bertz CT molecular complexity index is 559. The van der Waals surface area contributed by atoms with Gasteiger partial charge in [-0.1, -0.05) is 0 Å². The number of ether oxygens (including phenoxy) is 3. The van der Waals surface area contributed by atoms with Gasteiger partial charge in [-0.2, -0.15) is 0 Å². The number of guanidine groups is 1. The molecule has 3 N–H and O–H groups in total. The summed E-state index contributed by atoms with van der Waals surface area (Å²) in [6.07, 6.45) is -1.88. The van der Waals surface area contributed by atoms with E-state index in [4.69, 9.17) is 15.2 Å². The molecule has 26 heavy (non-hydrogen) atoms. The van der Waals surface area contributed by atoms with E-state index in [-0.39, 0.29) is 11.7 Å². The van der Waals surface area contributed by atoms with E-state index in [2.05, 4.69) is 15.0 Å². The quantitative estimate of drug-likeness (QED) is 0.415. The third kappa shape index (κ3) is 8.39. The van der Waals surface area contributed by atoms with E-state index >= 15 is 0 Å². The van der Waals surface area contributed by atoms with Crippen molar-refractivity contribution < 1.29 is 27.4 Å². The molecular formula is C17H24F3N3O3. The van der Waals surface area contributed by atoms with Crippen LogP contribution in [0, 0.1) is 5.92 Å². The van der Waals surface area contributed by atoms with Gasteiger partial charge < -0.3 is 25.3 Å². The highest BCUT2D eigenvalue weighted by Gasteiger charge is 2.30. The molecule has 1 aliphatic heterocycles. The smallest absolute Gasteiger partial charge is 0.406 e. The highest BCUT2D eigenvalue weighted by molar-refractivity contribution is 5.92. The predicted octanol–water partition coefficient (Wildman–Crippen LogP) is 3.15. The van der Waals surface area contributed by atoms with E-state index in [0.29, 0.717) is 24.8 Å². The van der Waals surface area contributed by atoms with Crippen LogP contribution < -0.4 is 15.8 Å². The van der Waals surface area contributed by atoms with Crippen molar-refractivity contribution in [1.29, 1.82) is 0 Å². The summed E-state index contributed by atoms with van der Waals surface area (Å²) >= 11 is 0. The highest BCUT2D eigenvalue weighted by Crippen LogP contribution is 2.23. The van der Waals surface area contributed by atoms with Gasteiger partial charge >= 0.3 is 6.36 Å². The molecule has 9 heteroatoms. The minimum absolute atomic E-state index is 0.193. The number of halogens is 3. The van der Waals surface area contributed by atoms with E-state index in [0.717, 1.165) is 39.1 Å². The van der Waals surface area contributed by atoms with Gasteiger partial charge in [0.25, 0.3) is 0 Å². The molecule has 0 amide bonds. The molecule has 0 unspecified atom stereocenters. The number of nitrogens with zero attached hydrogens (tertiary/aromatic N) is 1. The van der Waals surface area contributed by atoms with Crippen LogP contribution in [0.4, 0.5) is 18.9 Å². The van der Waals surface area contributed by atoms with Gasteiger partial charge in [0.1, 0.15) is 5.75 Å². The van der Waals surface area contributed by atoms with E-state index in [9.17, 15) is 13.2 Å². The number of nitrogens with one attached hydrogen (secondary N) is 1. The van der Waals surface area contributed by atoms with Crippen LogP contribution in [0.25, 0.3) is 0 Å². The lowest BCUT2D eigenvalue weighted by atomic mass is 10.0. The third-order valence-corrected chi connectivity index (χ3v) is 3.78. The van der Waals surface area contributed by atoms with Crippen LogP contribution in [-0.2, 0) is 9.47 Å². The van der Waals surface area contributed by atoms with Crippen LogP contribution in [0.3, 0.4) is 0 Å². The second-order valence-corrected chi connectivity index (χ2v) is 5.95. The second kappa shape index (κ2) is 10.2. The zero-order chi connectivity index (χ0) is 18.8. The van der Waals surface area contributed by atoms with Crippen molar-refractivity contribution in [2.45, 2.75) is 25.6 Å². The van der Waals surface area contributed by atoms with Crippen molar-refractivity contribution >= 4 is 11.6 Å². The molecule has 0 saturated carbocycles. The first kappa shape index (κ1) is 20.3. The number of rotatable bonds is 8. The summed E-state index contributed by atoms with van der Waals surface area (Å²) in [5.41, 5.74) is 6.27. The molecule has 0 aliphatic carbocycles. The monoisotopic (exact) mass is 375 g/mol. The summed E-state index contributed by atoms with van der Waals surface area (Å²) in [6.45, 7) is 3.47. The zero-order valence-electron chi connectivity index (χ0n) is 14.4. The van der Waals surface area contributed by atoms with Crippen molar-refractivity contribution in [3.8, 4) is 5.75 Å². The standard InChI is InChI=1S/C17H24F3N3O3/c18-17(19,20)26-15-4-2-14(3-5-15)23-16(21)22-8-1-9-25-12-13-6-10-24-11-7-13/h2-5,13H,1,6-12H2,(H3,21,22,23). The maximum absolute atomic E-state index is 12.1. The fourth-order valence-electron chi connectivity index (χ4n) is 2.46. The lowest BCUT2D eigenvalue weighted by Crippen LogP contribution is -2.23. The Morgan fingerprint density at radius 1 is 1.23 bits per heavy atom. The average molecular weight is 375 g/mol. The molecule has 146 valence electrons. The van der Waals surface area contributed by atoms with Crippen molar-refractivity contribution in [3.63, 3.8) is 0 Å². The maximum Gasteiger partial charge on any atom is 0.573 e. The molecule has 6 nitrogen and oxygen atoms in total. The van der Waals surface area contributed by atoms with Crippen LogP contribution in [0.15, 0.2) is 29.3 Å². The summed E-state index contributed by atoms with van der Waals surface area (Å²) in [6, 6.07) is 5.27. The number of hydrogen-bond donors (Lipinski definition) is 2. The summed E-state index contributed by atoms with van der Waals surface area (Å²) in [4.78, 5) is 4.16. The van der Waals surface area contributed by atoms with Crippen molar-refractivity contribution in [2.24, 2.45) is 16.6 Å². The Labute approximate surface area is 150 Å². The molecule has 1 aromatic rings. The van der Waals surface area contributed by atoms with Crippen LogP contribution in [-0.4, -0.2) is 45.3 Å². The van der Waals surface area contributed by atoms with Gasteiger partial charge in [-0.25, -0.2) is 0 Å². The van der Waals surface area contributed by atoms with Crippen molar-refractivity contribution in [3.05, 3.63) is 24.3 Å². The number of benzene rings is 1. The zero-order valence-corrected chi connectivity index (χ0v) is 14.4. The fraction of sp³-hybridized carbons (Fsp3) is 0.588. The molecule has 0 atom stereocenters. The Balaban J connectivity index is 1.61. The largest absolute Gasteiger partial charge is 0.573 e. The molecular weight excluding hydrogens is 351 g/mol. The fourth-order valence-corrected chi connectivity index (χ4v) is 2.46. The van der Waals surface area contributed by atoms with Gasteiger partial charge in [0.2, 0.25) is 0 Å². The Morgan fingerprint density at radius 3 is 2.58 bits per heavy atom. The first-order chi connectivity index (χ1) is 12.4. The first-order valence-corrected chi connectivity index (χ1v) is 8.50. The van der Waals surface area contributed by atoms with E-state index in [1.54, 1.807) is 0 Å². The van der Waals surface area contributed by atoms with Gasteiger partial charge in [0, 0.05) is 38.7 Å². The lowest BCUT2D eigenvalue weighted by molar-refractivity contribution is -0.274. The minimum atomic E-state index is -4.71. The number of nitrogens with two attached hydrogens (primary N) is 1. The molecule has 1 fully saturated rings. The highest BCUT2D eigenvalue weighted by atomic mass is 19.4. The molecule has 0 bridgehead atoms. The van der Waals surface area contributed by atoms with Crippen LogP contribution >= 0.6 is 0 Å². The number of anilines is 1. The average Bonchev–Trinajstić information content (AvgIpc) is 2.59. The Morgan fingerprint density at radius 2 is 1.92 bits per heavy atom. The van der Waals surface area contributed by atoms with Crippen LogP contribution in [0.2, 0.25) is 0 Å². The number of hydrogen-bond acceptors (Lipinski definition) is 4. The summed E-state index contributed by atoms with van der Waals surface area (Å²) in [5, 5.41) is 2.81. The van der Waals surface area contributed by atoms with Gasteiger partial charge in [-0.05, 0) is 49.4 Å². The molecule has 1 heterocycles. The SMILES string of the molecule is NC(=NCCCOCC1CCOCC1)Nc1ccc(OC(F)(F)F)cc1. The van der Waals surface area contributed by atoms with E-state index < -0.39 is 6.36 Å². The van der Waals surface area contributed by atoms with Gasteiger partial charge in [0.15, 0.2) is 5.96 Å². The Kier molecular flexibility index (Phi) is 7.99. The van der Waals surface area contributed by atoms with Gasteiger partial charge in [0.05, 0.1) is 0 Å². The maximum atomic E-state index is 12.1. The molecule has 1 saturated heterocycles. The Hall–Kier alpha value is -2.00. The van der Waals surface area contributed by atoms with Gasteiger partial charge in [-0.15, -0.1) is 13.2 Å². The van der Waals surface area contributed by atoms with E-state index in [1.807, 2.05) is 0 Å². The van der Waals surface area contributed by atoms with Crippen LogP contribution in [0.5, 0.6) is 5.75 Å². The number of alkyl halides is 3. The molecule has 0 aromatic heterocycles. The normalized spacial score (nSPS) is 16.5. The topological polar surface area (TPSA) is 78.1 Å². The van der Waals surface area contributed by atoms with Crippen LogP contribution in [0.1, 0.15) is 19.3 Å². The lowest BCUT2D eigenvalue weighted by Gasteiger charge is -2.21. The third-order valence-electron chi connectivity index (χ3n) is 3.78. The first-order valence-electron chi connectivity index (χ1n) is 8.50. The second-order valence-electron chi connectivity index (χ2n) is 5.95. The molecule has 2 rings (SSSR count). The summed E-state index contributed by atoms with van der Waals surface area (Å²) in [5.74, 6) is 0.474. The van der Waals surface area contributed by atoms with E-state index in [1.165, 1.54) is 24.3 Å². The molecule has 1 aliphatic rings. The minimum Gasteiger partial charge on any atom is -0.406 e. The molecule has 0 radical (unpaired) electrons. The van der Waals surface area contributed by atoms with Crippen molar-refractivity contribution in [2.75, 3.05) is 38.3 Å². The predicted molar refractivity (Wildman–Crippen MR) is 92.2 cm³/mol. The molecule has 0 spiro atoms.